The van der Waals surface area contributed by atoms with Crippen LogP contribution in [0.1, 0.15) is 41.5 Å². The van der Waals surface area contributed by atoms with E-state index in [4.69, 9.17) is 0 Å². The summed E-state index contributed by atoms with van der Waals surface area (Å²) >= 11 is 0. The van der Waals surface area contributed by atoms with Gasteiger partial charge < -0.3 is 36.3 Å². The maximum absolute atomic E-state index is 3.76. The zero-order valence-corrected chi connectivity index (χ0v) is 12.1. The average Bonchev–Trinajstić information content (AvgIpc) is 1.86. The highest BCUT2D eigenvalue weighted by Crippen LogP contribution is 2.07. The molecule has 0 saturated carbocycles. The van der Waals surface area contributed by atoms with Crippen LogP contribution in [0.15, 0.2) is 0 Å². The van der Waals surface area contributed by atoms with Gasteiger partial charge in [0.15, 0.2) is 0 Å². The molecule has 0 amide bonds. The van der Waals surface area contributed by atoms with Crippen molar-refractivity contribution in [1.29, 1.82) is 0 Å². The predicted molar refractivity (Wildman–Crippen MR) is 54.4 cm³/mol. The first-order chi connectivity index (χ1) is 5.12. The summed E-state index contributed by atoms with van der Waals surface area (Å²) in [5, 5.41) is 0. The summed E-state index contributed by atoms with van der Waals surface area (Å²) < 4.78 is 0. The van der Waals surface area contributed by atoms with E-state index < -0.39 is 0 Å². The highest BCUT2D eigenvalue weighted by molar-refractivity contribution is 4.55. The SMILES string of the molecule is CC(C)(C)C[NH3+].CC(C)(C)C[NH3+].[Cl-].[Cl-]. The Labute approximate surface area is 102 Å². The molecular formula is C10H28Cl2N2. The van der Waals surface area contributed by atoms with E-state index >= 15 is 0 Å². The lowest BCUT2D eigenvalue weighted by molar-refractivity contribution is -0.388. The Balaban J connectivity index is -0.0000000625. The Bertz CT molecular complexity index is 89.7. The van der Waals surface area contributed by atoms with Crippen LogP contribution in [0.25, 0.3) is 0 Å². The summed E-state index contributed by atoms with van der Waals surface area (Å²) in [5.41, 5.74) is 8.38. The van der Waals surface area contributed by atoms with Gasteiger partial charge in [-0.15, -0.1) is 0 Å². The number of quaternary nitrogens is 2. The molecule has 0 bridgehead atoms. The molecule has 0 radical (unpaired) electrons. The monoisotopic (exact) mass is 246 g/mol. The lowest BCUT2D eigenvalue weighted by atomic mass is 9.98. The van der Waals surface area contributed by atoms with Crippen LogP contribution in [0.4, 0.5) is 0 Å². The van der Waals surface area contributed by atoms with Crippen molar-refractivity contribution < 1.29 is 36.3 Å². The molecule has 0 unspecified atom stereocenters. The molecule has 0 aromatic rings. The van der Waals surface area contributed by atoms with Crippen molar-refractivity contribution in [2.75, 3.05) is 13.1 Å². The van der Waals surface area contributed by atoms with Crippen LogP contribution in [0.2, 0.25) is 0 Å². The number of hydrogen-bond acceptors (Lipinski definition) is 0. The Morgan fingerprint density at radius 2 is 0.714 bits per heavy atom. The summed E-state index contributed by atoms with van der Waals surface area (Å²) in [4.78, 5) is 0. The number of halogens is 2. The minimum Gasteiger partial charge on any atom is -1.00 e. The zero-order chi connectivity index (χ0) is 10.4. The molecule has 0 fully saturated rings. The standard InChI is InChI=1S/2C5H13N.2ClH/c2*1-5(2,3)4-6;;/h2*4,6H2,1-3H3;2*1H. The second-order valence-electron chi connectivity index (χ2n) is 5.62. The summed E-state index contributed by atoms with van der Waals surface area (Å²) in [6, 6.07) is 0. The van der Waals surface area contributed by atoms with E-state index in [0.717, 1.165) is 13.1 Å². The highest BCUT2D eigenvalue weighted by atomic mass is 35.5. The molecule has 0 aromatic carbocycles. The van der Waals surface area contributed by atoms with E-state index in [1.165, 1.54) is 0 Å². The molecule has 92 valence electrons. The number of rotatable bonds is 0. The van der Waals surface area contributed by atoms with Crippen molar-refractivity contribution in [3.05, 3.63) is 0 Å². The van der Waals surface area contributed by atoms with E-state index in [2.05, 4.69) is 53.0 Å². The fraction of sp³-hybridized carbons (Fsp3) is 1.00. The lowest BCUT2D eigenvalue weighted by Gasteiger charge is -2.09. The van der Waals surface area contributed by atoms with Crippen LogP contribution in [-0.4, -0.2) is 13.1 Å². The molecule has 0 aliphatic rings. The van der Waals surface area contributed by atoms with E-state index in [9.17, 15) is 0 Å². The van der Waals surface area contributed by atoms with Gasteiger partial charge in [-0.25, -0.2) is 0 Å². The van der Waals surface area contributed by atoms with Crippen molar-refractivity contribution in [3.63, 3.8) is 0 Å². The average molecular weight is 247 g/mol. The van der Waals surface area contributed by atoms with Crippen molar-refractivity contribution in [3.8, 4) is 0 Å². The van der Waals surface area contributed by atoms with Crippen LogP contribution < -0.4 is 36.3 Å². The van der Waals surface area contributed by atoms with Gasteiger partial charge in [-0.3, -0.25) is 0 Å². The Morgan fingerprint density at radius 1 is 0.643 bits per heavy atom. The molecule has 0 rings (SSSR count). The fourth-order valence-corrected chi connectivity index (χ4v) is 0. The van der Waals surface area contributed by atoms with Crippen LogP contribution in [0.3, 0.4) is 0 Å². The fourth-order valence-electron chi connectivity index (χ4n) is 0. The van der Waals surface area contributed by atoms with Gasteiger partial charge in [0.1, 0.15) is 0 Å². The summed E-state index contributed by atoms with van der Waals surface area (Å²) in [6.45, 7) is 15.1. The minimum absolute atomic E-state index is 0. The van der Waals surface area contributed by atoms with Crippen LogP contribution >= 0.6 is 0 Å². The molecule has 0 aliphatic heterocycles. The smallest absolute Gasteiger partial charge is 0.0788 e. The molecule has 0 saturated heterocycles. The Morgan fingerprint density at radius 3 is 0.714 bits per heavy atom. The third kappa shape index (κ3) is 39.1. The summed E-state index contributed by atoms with van der Waals surface area (Å²) in [7, 11) is 0. The molecule has 4 heteroatoms. The molecule has 0 atom stereocenters. The molecule has 0 heterocycles. The molecule has 0 aliphatic carbocycles. The van der Waals surface area contributed by atoms with Gasteiger partial charge >= 0.3 is 0 Å². The molecular weight excluding hydrogens is 219 g/mol. The highest BCUT2D eigenvalue weighted by Gasteiger charge is 2.07. The van der Waals surface area contributed by atoms with Crippen LogP contribution in [0.5, 0.6) is 0 Å². The molecule has 14 heavy (non-hydrogen) atoms. The van der Waals surface area contributed by atoms with E-state index in [1.807, 2.05) is 0 Å². The van der Waals surface area contributed by atoms with Crippen molar-refractivity contribution >= 4 is 0 Å². The Hall–Kier alpha value is 0.500. The topological polar surface area (TPSA) is 55.3 Å². The summed E-state index contributed by atoms with van der Waals surface area (Å²) in [5.74, 6) is 0. The maximum Gasteiger partial charge on any atom is 0.0788 e. The Kier molecular flexibility index (Phi) is 17.2. The third-order valence-electron chi connectivity index (χ3n) is 1.50. The first-order valence-corrected chi connectivity index (χ1v) is 4.71. The quantitative estimate of drug-likeness (QED) is 0.429. The normalized spacial score (nSPS) is 10.3. The maximum atomic E-state index is 3.76. The van der Waals surface area contributed by atoms with Gasteiger partial charge in [-0.1, -0.05) is 41.5 Å². The lowest BCUT2D eigenvalue weighted by Crippen LogP contribution is -3.00. The molecule has 0 spiro atoms. The predicted octanol–water partition coefficient (Wildman–Crippen LogP) is -5.44. The first kappa shape index (κ1) is 24.0. The van der Waals surface area contributed by atoms with Crippen LogP contribution in [0, 0.1) is 10.8 Å². The first-order valence-electron chi connectivity index (χ1n) is 4.71. The van der Waals surface area contributed by atoms with E-state index in [-0.39, 0.29) is 24.8 Å². The second kappa shape index (κ2) is 10.0. The van der Waals surface area contributed by atoms with E-state index in [1.54, 1.807) is 0 Å². The minimum atomic E-state index is 0. The van der Waals surface area contributed by atoms with Gasteiger partial charge in [0.05, 0.1) is 13.1 Å². The van der Waals surface area contributed by atoms with Crippen molar-refractivity contribution in [1.82, 2.24) is 0 Å². The second-order valence-corrected chi connectivity index (χ2v) is 5.62. The van der Waals surface area contributed by atoms with Crippen molar-refractivity contribution in [2.24, 2.45) is 10.8 Å². The zero-order valence-electron chi connectivity index (χ0n) is 10.6. The largest absolute Gasteiger partial charge is 1.00 e. The van der Waals surface area contributed by atoms with Gasteiger partial charge in [0.25, 0.3) is 0 Å². The van der Waals surface area contributed by atoms with Crippen LogP contribution in [-0.2, 0) is 0 Å². The van der Waals surface area contributed by atoms with Crippen molar-refractivity contribution in [2.45, 2.75) is 41.5 Å². The van der Waals surface area contributed by atoms with Gasteiger partial charge in [-0.05, 0) is 0 Å². The van der Waals surface area contributed by atoms with Gasteiger partial charge in [0, 0.05) is 10.8 Å². The molecule has 6 N–H and O–H groups in total. The molecule has 2 nitrogen and oxygen atoms in total. The summed E-state index contributed by atoms with van der Waals surface area (Å²) in [6.07, 6.45) is 0. The van der Waals surface area contributed by atoms with E-state index in [0.29, 0.717) is 10.8 Å². The number of hydrogen-bond donors (Lipinski definition) is 2. The molecule has 0 aromatic heterocycles. The van der Waals surface area contributed by atoms with Gasteiger partial charge in [0.2, 0.25) is 0 Å². The van der Waals surface area contributed by atoms with Gasteiger partial charge in [-0.2, -0.15) is 0 Å². The third-order valence-corrected chi connectivity index (χ3v) is 1.50.